The van der Waals surface area contributed by atoms with Gasteiger partial charge in [0, 0.05) is 36.4 Å². The fraction of sp³-hybridized carbons (Fsp3) is 0.600. The topological polar surface area (TPSA) is 49.4 Å². The van der Waals surface area contributed by atoms with Crippen molar-refractivity contribution in [1.29, 1.82) is 0 Å². The van der Waals surface area contributed by atoms with Gasteiger partial charge in [0.1, 0.15) is 0 Å². The summed E-state index contributed by atoms with van der Waals surface area (Å²) in [5, 5.41) is 4.19. The van der Waals surface area contributed by atoms with Gasteiger partial charge < -0.3 is 10.2 Å². The number of nitrogens with zero attached hydrogens (tertiary/aromatic N) is 1. The van der Waals surface area contributed by atoms with Gasteiger partial charge >= 0.3 is 0 Å². The summed E-state index contributed by atoms with van der Waals surface area (Å²) < 4.78 is 23.4. The summed E-state index contributed by atoms with van der Waals surface area (Å²) in [7, 11) is -0.907. The zero-order valence-electron chi connectivity index (χ0n) is 12.2. The number of benzene rings is 1. The smallest absolute Gasteiger partial charge is 0.152 e. The molecule has 1 heterocycles. The molecule has 1 saturated heterocycles. The number of anilines is 1. The number of rotatable bonds is 5. The van der Waals surface area contributed by atoms with E-state index in [1.807, 2.05) is 25.2 Å². The van der Waals surface area contributed by atoms with Crippen molar-refractivity contribution in [3.63, 3.8) is 0 Å². The fourth-order valence-electron chi connectivity index (χ4n) is 2.83. The lowest BCUT2D eigenvalue weighted by molar-refractivity contribution is 0.600. The molecule has 1 aromatic carbocycles. The average Bonchev–Trinajstić information content (AvgIpc) is 3.19. The zero-order valence-corrected chi connectivity index (χ0v) is 13.8. The lowest BCUT2D eigenvalue weighted by Crippen LogP contribution is -2.33. The Morgan fingerprint density at radius 3 is 2.71 bits per heavy atom. The molecule has 21 heavy (non-hydrogen) atoms. The van der Waals surface area contributed by atoms with E-state index in [1.165, 1.54) is 18.4 Å². The quantitative estimate of drug-likeness (QED) is 0.900. The van der Waals surface area contributed by atoms with Crippen LogP contribution >= 0.6 is 11.6 Å². The monoisotopic (exact) mass is 328 g/mol. The SMILES string of the molecule is CN(c1cc(Cl)ccc1CNC1CC1)C1CCS(=O)(=O)C1. The summed E-state index contributed by atoms with van der Waals surface area (Å²) in [5.74, 6) is 0.531. The minimum absolute atomic E-state index is 0.0492. The van der Waals surface area contributed by atoms with Gasteiger partial charge in [-0.05, 0) is 37.0 Å². The maximum atomic E-state index is 11.7. The Bertz CT molecular complexity index is 629. The normalized spacial score (nSPS) is 24.2. The third-order valence-electron chi connectivity index (χ3n) is 4.34. The second-order valence-corrected chi connectivity index (χ2v) is 8.76. The zero-order chi connectivity index (χ0) is 15.0. The van der Waals surface area contributed by atoms with Gasteiger partial charge in [-0.2, -0.15) is 0 Å². The Kier molecular flexibility index (Phi) is 4.17. The molecule has 0 aromatic heterocycles. The first-order valence-electron chi connectivity index (χ1n) is 7.40. The van der Waals surface area contributed by atoms with Crippen molar-refractivity contribution in [1.82, 2.24) is 5.32 Å². The summed E-state index contributed by atoms with van der Waals surface area (Å²) >= 11 is 6.13. The summed E-state index contributed by atoms with van der Waals surface area (Å²) in [5.41, 5.74) is 2.22. The second-order valence-electron chi connectivity index (χ2n) is 6.10. The number of nitrogens with one attached hydrogen (secondary N) is 1. The lowest BCUT2D eigenvalue weighted by atomic mass is 10.1. The molecule has 1 aromatic rings. The van der Waals surface area contributed by atoms with E-state index in [0.29, 0.717) is 17.5 Å². The molecule has 0 spiro atoms. The van der Waals surface area contributed by atoms with Crippen LogP contribution in [0.1, 0.15) is 24.8 Å². The Morgan fingerprint density at radius 1 is 1.33 bits per heavy atom. The van der Waals surface area contributed by atoms with E-state index in [9.17, 15) is 8.42 Å². The van der Waals surface area contributed by atoms with Crippen LogP contribution in [0, 0.1) is 0 Å². The molecule has 4 nitrogen and oxygen atoms in total. The van der Waals surface area contributed by atoms with Gasteiger partial charge in [0.05, 0.1) is 11.5 Å². The highest BCUT2D eigenvalue weighted by atomic mass is 35.5. The van der Waals surface area contributed by atoms with E-state index in [-0.39, 0.29) is 17.5 Å². The number of hydrogen-bond donors (Lipinski definition) is 1. The van der Waals surface area contributed by atoms with Crippen molar-refractivity contribution in [2.24, 2.45) is 0 Å². The van der Waals surface area contributed by atoms with Gasteiger partial charge in [-0.1, -0.05) is 17.7 Å². The van der Waals surface area contributed by atoms with Crippen LogP contribution in [0.4, 0.5) is 5.69 Å². The first-order chi connectivity index (χ1) is 9.94. The second kappa shape index (κ2) is 5.78. The molecule has 1 saturated carbocycles. The highest BCUT2D eigenvalue weighted by molar-refractivity contribution is 7.91. The highest BCUT2D eigenvalue weighted by Crippen LogP contribution is 2.29. The molecule has 1 N–H and O–H groups in total. The minimum atomic E-state index is -2.88. The molecular weight excluding hydrogens is 308 g/mol. The van der Waals surface area contributed by atoms with Crippen LogP contribution in [0.3, 0.4) is 0 Å². The number of sulfone groups is 1. The van der Waals surface area contributed by atoms with Gasteiger partial charge in [-0.15, -0.1) is 0 Å². The van der Waals surface area contributed by atoms with Gasteiger partial charge in [-0.3, -0.25) is 0 Å². The molecular formula is C15H21ClN2O2S. The molecule has 0 amide bonds. The first kappa shape index (κ1) is 15.1. The van der Waals surface area contributed by atoms with E-state index < -0.39 is 9.84 Å². The molecule has 1 unspecified atom stereocenters. The third-order valence-corrected chi connectivity index (χ3v) is 6.33. The Morgan fingerprint density at radius 2 is 2.10 bits per heavy atom. The summed E-state index contributed by atoms with van der Waals surface area (Å²) in [4.78, 5) is 2.08. The van der Waals surface area contributed by atoms with Crippen molar-refractivity contribution in [3.05, 3.63) is 28.8 Å². The Hall–Kier alpha value is -0.780. The van der Waals surface area contributed by atoms with E-state index in [2.05, 4.69) is 10.2 Å². The third kappa shape index (κ3) is 3.71. The highest BCUT2D eigenvalue weighted by Gasteiger charge is 2.31. The summed E-state index contributed by atoms with van der Waals surface area (Å²) in [6.45, 7) is 0.807. The first-order valence-corrected chi connectivity index (χ1v) is 9.59. The molecule has 1 atom stereocenters. The maximum Gasteiger partial charge on any atom is 0.152 e. The van der Waals surface area contributed by atoms with Crippen LogP contribution < -0.4 is 10.2 Å². The van der Waals surface area contributed by atoms with Crippen LogP contribution in [0.15, 0.2) is 18.2 Å². The van der Waals surface area contributed by atoms with Gasteiger partial charge in [0.25, 0.3) is 0 Å². The van der Waals surface area contributed by atoms with E-state index in [0.717, 1.165) is 12.2 Å². The largest absolute Gasteiger partial charge is 0.370 e. The van der Waals surface area contributed by atoms with Crippen LogP contribution in [0.25, 0.3) is 0 Å². The molecule has 3 rings (SSSR count). The molecule has 2 fully saturated rings. The maximum absolute atomic E-state index is 11.7. The van der Waals surface area contributed by atoms with Gasteiger partial charge in [-0.25, -0.2) is 8.42 Å². The van der Waals surface area contributed by atoms with Crippen LogP contribution in [0.2, 0.25) is 5.02 Å². The van der Waals surface area contributed by atoms with Crippen molar-refractivity contribution in [3.8, 4) is 0 Å². The minimum Gasteiger partial charge on any atom is -0.370 e. The molecule has 1 aliphatic heterocycles. The van der Waals surface area contributed by atoms with E-state index in [4.69, 9.17) is 11.6 Å². The van der Waals surface area contributed by atoms with Crippen LogP contribution in [0.5, 0.6) is 0 Å². The fourth-order valence-corrected chi connectivity index (χ4v) is 4.77. The lowest BCUT2D eigenvalue weighted by Gasteiger charge is -2.28. The van der Waals surface area contributed by atoms with Crippen LogP contribution in [-0.4, -0.2) is 39.1 Å². The van der Waals surface area contributed by atoms with E-state index >= 15 is 0 Å². The molecule has 116 valence electrons. The average molecular weight is 329 g/mol. The summed E-state index contributed by atoms with van der Waals surface area (Å²) in [6, 6.07) is 6.57. The van der Waals surface area contributed by atoms with E-state index in [1.54, 1.807) is 0 Å². The van der Waals surface area contributed by atoms with Crippen molar-refractivity contribution >= 4 is 27.1 Å². The Labute approximate surface area is 131 Å². The molecule has 6 heteroatoms. The van der Waals surface area contributed by atoms with Gasteiger partial charge in [0.2, 0.25) is 0 Å². The Balaban J connectivity index is 1.79. The van der Waals surface area contributed by atoms with Crippen molar-refractivity contribution in [2.75, 3.05) is 23.5 Å². The predicted octanol–water partition coefficient (Wildman–Crippen LogP) is 2.22. The molecule has 0 bridgehead atoms. The van der Waals surface area contributed by atoms with Crippen LogP contribution in [-0.2, 0) is 16.4 Å². The van der Waals surface area contributed by atoms with Gasteiger partial charge in [0.15, 0.2) is 9.84 Å². The molecule has 0 radical (unpaired) electrons. The van der Waals surface area contributed by atoms with Crippen molar-refractivity contribution < 1.29 is 8.42 Å². The molecule has 1 aliphatic carbocycles. The standard InChI is InChI=1S/C15H21ClN2O2S/c1-18(14-6-7-21(19,20)10-14)15-8-12(16)3-2-11(15)9-17-13-4-5-13/h2-3,8,13-14,17H,4-7,9-10H2,1H3. The molecule has 2 aliphatic rings. The number of halogens is 1. The number of hydrogen-bond acceptors (Lipinski definition) is 4. The van der Waals surface area contributed by atoms with Crippen molar-refractivity contribution in [2.45, 2.75) is 37.9 Å². The summed E-state index contributed by atoms with van der Waals surface area (Å²) in [6.07, 6.45) is 3.19. The predicted molar refractivity (Wildman–Crippen MR) is 86.8 cm³/mol.